The van der Waals surface area contributed by atoms with Gasteiger partial charge >= 0.3 is 0 Å². The van der Waals surface area contributed by atoms with E-state index in [1.54, 1.807) is 4.90 Å². The standard InChI is InChI=1S/C17H17FN2O/c18-14-5-3-13(4-6-14)17(21)20(16-9-10-16)15-7-1-12(11-19)2-8-15/h1-8,16H,9-11,19H2. The summed E-state index contributed by atoms with van der Waals surface area (Å²) >= 11 is 0. The molecule has 1 aliphatic rings. The van der Waals surface area contributed by atoms with Gasteiger partial charge in [0.25, 0.3) is 5.91 Å². The second kappa shape index (κ2) is 5.66. The maximum Gasteiger partial charge on any atom is 0.258 e. The molecule has 3 nitrogen and oxygen atoms in total. The lowest BCUT2D eigenvalue weighted by Gasteiger charge is -2.23. The lowest BCUT2D eigenvalue weighted by atomic mass is 10.1. The van der Waals surface area contributed by atoms with E-state index >= 15 is 0 Å². The summed E-state index contributed by atoms with van der Waals surface area (Å²) in [5, 5.41) is 0. The maximum atomic E-state index is 13.0. The van der Waals surface area contributed by atoms with E-state index in [0.29, 0.717) is 12.1 Å². The minimum absolute atomic E-state index is 0.0852. The van der Waals surface area contributed by atoms with Crippen molar-refractivity contribution >= 4 is 11.6 Å². The van der Waals surface area contributed by atoms with E-state index in [0.717, 1.165) is 24.1 Å². The van der Waals surface area contributed by atoms with Gasteiger partial charge in [-0.3, -0.25) is 4.79 Å². The van der Waals surface area contributed by atoms with Gasteiger partial charge in [-0.25, -0.2) is 4.39 Å². The first-order chi connectivity index (χ1) is 10.2. The molecular weight excluding hydrogens is 267 g/mol. The van der Waals surface area contributed by atoms with Crippen LogP contribution in [0.1, 0.15) is 28.8 Å². The molecule has 1 fully saturated rings. The van der Waals surface area contributed by atoms with Crippen molar-refractivity contribution in [3.8, 4) is 0 Å². The topological polar surface area (TPSA) is 46.3 Å². The number of amides is 1. The van der Waals surface area contributed by atoms with Gasteiger partial charge in [-0.1, -0.05) is 12.1 Å². The molecule has 0 spiro atoms. The Morgan fingerprint density at radius 2 is 1.71 bits per heavy atom. The van der Waals surface area contributed by atoms with Crippen LogP contribution in [0.25, 0.3) is 0 Å². The number of nitrogens with two attached hydrogens (primary N) is 1. The minimum Gasteiger partial charge on any atom is -0.326 e. The number of hydrogen-bond acceptors (Lipinski definition) is 2. The van der Waals surface area contributed by atoms with Crippen LogP contribution in [0.2, 0.25) is 0 Å². The first-order valence-corrected chi connectivity index (χ1v) is 7.07. The molecule has 1 amide bonds. The van der Waals surface area contributed by atoms with E-state index in [2.05, 4.69) is 0 Å². The second-order valence-electron chi connectivity index (χ2n) is 5.28. The fourth-order valence-corrected chi connectivity index (χ4v) is 2.35. The molecule has 3 rings (SSSR count). The highest BCUT2D eigenvalue weighted by molar-refractivity contribution is 6.06. The van der Waals surface area contributed by atoms with Crippen LogP contribution in [-0.4, -0.2) is 11.9 Å². The third-order valence-corrected chi connectivity index (χ3v) is 3.67. The van der Waals surface area contributed by atoms with Gasteiger partial charge in [0.2, 0.25) is 0 Å². The fraction of sp³-hybridized carbons (Fsp3) is 0.235. The average molecular weight is 284 g/mol. The second-order valence-corrected chi connectivity index (χ2v) is 5.28. The molecule has 21 heavy (non-hydrogen) atoms. The molecule has 0 radical (unpaired) electrons. The van der Waals surface area contributed by atoms with E-state index in [-0.39, 0.29) is 17.8 Å². The van der Waals surface area contributed by atoms with E-state index in [1.807, 2.05) is 24.3 Å². The van der Waals surface area contributed by atoms with Crippen molar-refractivity contribution in [1.29, 1.82) is 0 Å². The minimum atomic E-state index is -0.336. The zero-order chi connectivity index (χ0) is 14.8. The lowest BCUT2D eigenvalue weighted by Crippen LogP contribution is -2.33. The molecule has 2 N–H and O–H groups in total. The molecule has 0 atom stereocenters. The first kappa shape index (κ1) is 13.8. The van der Waals surface area contributed by atoms with E-state index in [4.69, 9.17) is 5.73 Å². The van der Waals surface area contributed by atoms with Crippen molar-refractivity contribution in [3.05, 3.63) is 65.5 Å². The summed E-state index contributed by atoms with van der Waals surface area (Å²) < 4.78 is 13.0. The number of benzene rings is 2. The molecule has 0 bridgehead atoms. The van der Waals surface area contributed by atoms with E-state index in [1.165, 1.54) is 24.3 Å². The van der Waals surface area contributed by atoms with Crippen LogP contribution in [-0.2, 0) is 6.54 Å². The summed E-state index contributed by atoms with van der Waals surface area (Å²) in [4.78, 5) is 14.5. The normalized spacial score (nSPS) is 14.0. The lowest BCUT2D eigenvalue weighted by molar-refractivity contribution is 0.0985. The van der Waals surface area contributed by atoms with Crippen molar-refractivity contribution in [2.24, 2.45) is 5.73 Å². The van der Waals surface area contributed by atoms with Crippen LogP contribution < -0.4 is 10.6 Å². The van der Waals surface area contributed by atoms with Crippen LogP contribution in [0.5, 0.6) is 0 Å². The summed E-state index contributed by atoms with van der Waals surface area (Å²) in [5.74, 6) is -0.421. The predicted octanol–water partition coefficient (Wildman–Crippen LogP) is 3.09. The van der Waals surface area contributed by atoms with Crippen molar-refractivity contribution in [3.63, 3.8) is 0 Å². The molecule has 4 heteroatoms. The molecule has 0 aromatic heterocycles. The van der Waals surface area contributed by atoms with E-state index < -0.39 is 0 Å². The Morgan fingerprint density at radius 3 is 2.24 bits per heavy atom. The summed E-state index contributed by atoms with van der Waals surface area (Å²) in [7, 11) is 0. The summed E-state index contributed by atoms with van der Waals surface area (Å²) in [5.41, 5.74) is 8.00. The van der Waals surface area contributed by atoms with Crippen molar-refractivity contribution < 1.29 is 9.18 Å². The third-order valence-electron chi connectivity index (χ3n) is 3.67. The van der Waals surface area contributed by atoms with Gasteiger partial charge < -0.3 is 10.6 Å². The van der Waals surface area contributed by atoms with Crippen molar-refractivity contribution in [2.75, 3.05) is 4.90 Å². The summed E-state index contributed by atoms with van der Waals surface area (Å²) in [6.07, 6.45) is 2.01. The highest BCUT2D eigenvalue weighted by atomic mass is 19.1. The molecule has 2 aromatic carbocycles. The molecule has 0 unspecified atom stereocenters. The third kappa shape index (κ3) is 2.95. The zero-order valence-electron chi connectivity index (χ0n) is 11.6. The highest BCUT2D eigenvalue weighted by Crippen LogP contribution is 2.33. The van der Waals surface area contributed by atoms with Crippen LogP contribution in [0, 0.1) is 5.82 Å². The molecule has 0 heterocycles. The van der Waals surface area contributed by atoms with Crippen molar-refractivity contribution in [1.82, 2.24) is 0 Å². The number of hydrogen-bond donors (Lipinski definition) is 1. The average Bonchev–Trinajstić information content (AvgIpc) is 3.33. The Bertz CT molecular complexity index is 633. The number of carbonyl (C=O) groups excluding carboxylic acids is 1. The van der Waals surface area contributed by atoms with E-state index in [9.17, 15) is 9.18 Å². The zero-order valence-corrected chi connectivity index (χ0v) is 11.6. The molecule has 2 aromatic rings. The Labute approximate surface area is 123 Å². The maximum absolute atomic E-state index is 13.0. The van der Waals surface area contributed by atoms with Gasteiger partial charge in [0.15, 0.2) is 0 Å². The first-order valence-electron chi connectivity index (χ1n) is 7.07. The summed E-state index contributed by atoms with van der Waals surface area (Å²) in [6, 6.07) is 13.6. The Kier molecular flexibility index (Phi) is 3.71. The molecule has 0 aliphatic heterocycles. The predicted molar refractivity (Wildman–Crippen MR) is 80.6 cm³/mol. The van der Waals surface area contributed by atoms with Crippen LogP contribution in [0.3, 0.4) is 0 Å². The Morgan fingerprint density at radius 1 is 1.10 bits per heavy atom. The Hall–Kier alpha value is -2.20. The molecule has 108 valence electrons. The summed E-state index contributed by atoms with van der Waals surface area (Å²) in [6.45, 7) is 0.482. The van der Waals surface area contributed by atoms with Crippen LogP contribution in [0.15, 0.2) is 48.5 Å². The van der Waals surface area contributed by atoms with Gasteiger partial charge in [0, 0.05) is 23.8 Å². The van der Waals surface area contributed by atoms with Crippen molar-refractivity contribution in [2.45, 2.75) is 25.4 Å². The number of halogens is 1. The number of nitrogens with zero attached hydrogens (tertiary/aromatic N) is 1. The highest BCUT2D eigenvalue weighted by Gasteiger charge is 2.34. The molecule has 1 aliphatic carbocycles. The largest absolute Gasteiger partial charge is 0.326 e. The SMILES string of the molecule is NCc1ccc(N(C(=O)c2ccc(F)cc2)C2CC2)cc1. The smallest absolute Gasteiger partial charge is 0.258 e. The van der Waals surface area contributed by atoms with Gasteiger partial charge in [0.05, 0.1) is 0 Å². The molecular formula is C17H17FN2O. The monoisotopic (exact) mass is 284 g/mol. The Balaban J connectivity index is 1.90. The molecule has 0 saturated heterocycles. The van der Waals surface area contributed by atoms with Crippen LogP contribution >= 0.6 is 0 Å². The number of rotatable bonds is 4. The van der Waals surface area contributed by atoms with Crippen LogP contribution in [0.4, 0.5) is 10.1 Å². The quantitative estimate of drug-likeness (QED) is 0.937. The van der Waals surface area contributed by atoms with Gasteiger partial charge in [-0.15, -0.1) is 0 Å². The van der Waals surface area contributed by atoms with Gasteiger partial charge in [-0.2, -0.15) is 0 Å². The van der Waals surface area contributed by atoms with Gasteiger partial charge in [0.1, 0.15) is 5.82 Å². The fourth-order valence-electron chi connectivity index (χ4n) is 2.35. The number of carbonyl (C=O) groups is 1. The molecule has 1 saturated carbocycles. The van der Waals surface area contributed by atoms with Gasteiger partial charge in [-0.05, 0) is 54.8 Å². The number of anilines is 1.